The summed E-state index contributed by atoms with van der Waals surface area (Å²) in [6.45, 7) is 7.63. The van der Waals surface area contributed by atoms with E-state index in [1.807, 2.05) is 46.8 Å². The zero-order valence-electron chi connectivity index (χ0n) is 34.5. The van der Waals surface area contributed by atoms with E-state index in [0.29, 0.717) is 63.2 Å². The van der Waals surface area contributed by atoms with Crippen molar-refractivity contribution in [3.8, 4) is 39.5 Å². The van der Waals surface area contributed by atoms with Gasteiger partial charge in [-0.15, -0.1) is 0 Å². The van der Waals surface area contributed by atoms with Gasteiger partial charge in [0.2, 0.25) is 0 Å². The summed E-state index contributed by atoms with van der Waals surface area (Å²) < 4.78 is 18.2. The maximum Gasteiger partial charge on any atom is 0.341 e. The van der Waals surface area contributed by atoms with Crippen LogP contribution >= 0.6 is 0 Å². The number of carboxylic acid groups (broad SMARTS) is 3. The zero-order chi connectivity index (χ0) is 43.5. The quantitative estimate of drug-likeness (QED) is 0.0740. The molecule has 0 unspecified atom stereocenters. The maximum absolute atomic E-state index is 13.7. The molecule has 0 aliphatic heterocycles. The Bertz CT molecular complexity index is 2230. The summed E-state index contributed by atoms with van der Waals surface area (Å²) >= 11 is 0. The van der Waals surface area contributed by atoms with Gasteiger partial charge in [-0.1, -0.05) is 48.5 Å². The van der Waals surface area contributed by atoms with Gasteiger partial charge in [-0.25, -0.2) is 14.4 Å². The predicted octanol–water partition coefficient (Wildman–Crippen LogP) is 7.66. The fourth-order valence-corrected chi connectivity index (χ4v) is 7.00. The number of aryl methyl sites for hydroxylation is 3. The number of rotatable bonds is 19. The standard InChI is InChI=1S/C47H48N2O11.Yb/c1-6-48(46(56)32-14-10-8-11-15-32)24-34-18-29(3)20-36(43(34)58-26-40(50)51)38-22-31(5)23-39(45(38)60-28-42(54)55)37-21-30(4)19-35(44(37)59-27-41(52)53)25-49(7-2)47(57)33-16-12-9-13-17-33;/h8-23H,6-7,24-28H2,1-5H3,(H,50,51)(H,52,53)(H,54,55);. The van der Waals surface area contributed by atoms with E-state index in [-0.39, 0.29) is 89.1 Å². The summed E-state index contributed by atoms with van der Waals surface area (Å²) in [4.78, 5) is 66.6. The van der Waals surface area contributed by atoms with Crippen molar-refractivity contribution < 1.29 is 100 Å². The Labute approximate surface area is 393 Å². The fraction of sp³-hybridized carbons (Fsp3) is 0.255. The topological polar surface area (TPSA) is 180 Å². The van der Waals surface area contributed by atoms with Gasteiger partial charge in [0, 0.05) is 118 Å². The van der Waals surface area contributed by atoms with E-state index >= 15 is 0 Å². The van der Waals surface area contributed by atoms with E-state index in [9.17, 15) is 39.3 Å². The van der Waals surface area contributed by atoms with Gasteiger partial charge in [0.05, 0.1) is 0 Å². The number of hydrogen-bond acceptors (Lipinski definition) is 8. The van der Waals surface area contributed by atoms with E-state index in [1.54, 1.807) is 94.7 Å². The Morgan fingerprint density at radius 1 is 0.475 bits per heavy atom. The minimum Gasteiger partial charge on any atom is -0.481 e. The van der Waals surface area contributed by atoms with Crippen molar-refractivity contribution in [1.82, 2.24) is 9.80 Å². The van der Waals surface area contributed by atoms with Crippen LogP contribution in [0.1, 0.15) is 62.4 Å². The molecule has 5 aromatic carbocycles. The number of benzene rings is 5. The number of amides is 2. The van der Waals surface area contributed by atoms with Gasteiger partial charge < -0.3 is 39.3 Å². The largest absolute Gasteiger partial charge is 0.481 e. The summed E-state index contributed by atoms with van der Waals surface area (Å²) in [6.07, 6.45) is 0. The predicted molar refractivity (Wildman–Crippen MR) is 225 cm³/mol. The average molecular weight is 990 g/mol. The van der Waals surface area contributed by atoms with Crippen molar-refractivity contribution in [2.24, 2.45) is 0 Å². The molecule has 0 saturated heterocycles. The third kappa shape index (κ3) is 12.5. The van der Waals surface area contributed by atoms with E-state index in [0.717, 1.165) is 11.1 Å². The van der Waals surface area contributed by atoms with E-state index in [4.69, 9.17) is 14.2 Å². The van der Waals surface area contributed by atoms with E-state index in [2.05, 4.69) is 0 Å². The summed E-state index contributed by atoms with van der Waals surface area (Å²) in [5.41, 5.74) is 5.48. The Morgan fingerprint density at radius 3 is 1.08 bits per heavy atom. The van der Waals surface area contributed by atoms with Gasteiger partial charge >= 0.3 is 17.9 Å². The van der Waals surface area contributed by atoms with Crippen molar-refractivity contribution in [1.29, 1.82) is 0 Å². The van der Waals surface area contributed by atoms with Crippen LogP contribution in [0.2, 0.25) is 0 Å². The Balaban J connectivity index is 0.00000819. The monoisotopic (exact) mass is 990 g/mol. The third-order valence-electron chi connectivity index (χ3n) is 9.56. The molecule has 0 fully saturated rings. The number of carbonyl (C=O) groups is 5. The van der Waals surface area contributed by atoms with Crippen LogP contribution in [0.25, 0.3) is 22.3 Å². The van der Waals surface area contributed by atoms with Gasteiger partial charge in [-0.2, -0.15) is 0 Å². The molecular formula is C47H48N2O11Yb. The number of carboxylic acids is 3. The molecule has 0 saturated carbocycles. The maximum atomic E-state index is 13.7. The molecule has 2 amide bonds. The zero-order valence-corrected chi connectivity index (χ0v) is 36.2. The number of ether oxygens (including phenoxy) is 3. The van der Waals surface area contributed by atoms with Crippen LogP contribution in [-0.4, -0.2) is 87.8 Å². The van der Waals surface area contributed by atoms with Crippen LogP contribution in [-0.2, 0) is 27.5 Å². The molecular weight excluding hydrogens is 942 g/mol. The molecule has 0 heterocycles. The molecule has 0 bridgehead atoms. The molecule has 0 aliphatic rings. The van der Waals surface area contributed by atoms with Crippen molar-refractivity contribution in [2.75, 3.05) is 32.9 Å². The second-order valence-electron chi connectivity index (χ2n) is 14.2. The summed E-state index contributed by atoms with van der Waals surface area (Å²) in [5, 5.41) is 29.4. The van der Waals surface area contributed by atoms with Gasteiger partial charge in [-0.3, -0.25) is 9.59 Å². The molecule has 5 rings (SSSR count). The van der Waals surface area contributed by atoms with Crippen LogP contribution in [0.3, 0.4) is 0 Å². The average Bonchev–Trinajstić information content (AvgIpc) is 3.22. The normalized spacial score (nSPS) is 10.6. The van der Waals surface area contributed by atoms with Gasteiger partial charge in [0.1, 0.15) is 17.2 Å². The Hall–Kier alpha value is -5.63. The van der Waals surface area contributed by atoms with Crippen molar-refractivity contribution in [3.05, 3.63) is 136 Å². The van der Waals surface area contributed by atoms with Crippen LogP contribution in [0, 0.1) is 67.7 Å². The van der Waals surface area contributed by atoms with Crippen molar-refractivity contribution in [3.63, 3.8) is 0 Å². The SMILES string of the molecule is CCN(Cc1cc(C)cc(-c2cc(C)cc(-c3cc(C)cc(CN(CC)C(=O)c4ccccc4)c3OCC(=O)O)c2OCC(=O)O)c1OCC(=O)O)C(=O)c1ccccc1.[Yb]. The molecule has 0 aromatic heterocycles. The molecule has 0 spiro atoms. The van der Waals surface area contributed by atoms with Gasteiger partial charge in [0.25, 0.3) is 11.8 Å². The Morgan fingerprint density at radius 2 is 0.770 bits per heavy atom. The second-order valence-corrected chi connectivity index (χ2v) is 14.2. The molecule has 0 aliphatic carbocycles. The smallest absolute Gasteiger partial charge is 0.341 e. The second kappa shape index (κ2) is 22.3. The number of hydrogen-bond donors (Lipinski definition) is 3. The van der Waals surface area contributed by atoms with E-state index in [1.165, 1.54) is 0 Å². The van der Waals surface area contributed by atoms with Crippen LogP contribution in [0.5, 0.6) is 17.2 Å². The van der Waals surface area contributed by atoms with Gasteiger partial charge in [-0.05, 0) is 99.8 Å². The molecule has 0 radical (unpaired) electrons. The molecule has 61 heavy (non-hydrogen) atoms. The third-order valence-corrected chi connectivity index (χ3v) is 9.56. The minimum absolute atomic E-state index is 0. The molecule has 14 heteroatoms. The number of carbonyl (C=O) groups excluding carboxylic acids is 2. The molecule has 13 nitrogen and oxygen atoms in total. The number of aliphatic carboxylic acids is 3. The first-order chi connectivity index (χ1) is 28.7. The molecule has 3 N–H and O–H groups in total. The molecule has 5 aromatic rings. The van der Waals surface area contributed by atoms with Crippen LogP contribution in [0.15, 0.2) is 97.1 Å². The minimum atomic E-state index is -1.27. The van der Waals surface area contributed by atoms with Crippen molar-refractivity contribution >= 4 is 29.7 Å². The first-order valence-electron chi connectivity index (χ1n) is 19.3. The summed E-state index contributed by atoms with van der Waals surface area (Å²) in [5.74, 6) is -3.90. The molecule has 326 valence electrons. The van der Waals surface area contributed by atoms with E-state index < -0.39 is 37.7 Å². The first-order valence-corrected chi connectivity index (χ1v) is 19.3. The first kappa shape index (κ1) is 48.0. The van der Waals surface area contributed by atoms with Crippen LogP contribution < -0.4 is 14.2 Å². The number of nitrogens with zero attached hydrogens (tertiary/aromatic N) is 2. The van der Waals surface area contributed by atoms with Gasteiger partial charge in [0.15, 0.2) is 19.8 Å². The molecule has 0 atom stereocenters. The summed E-state index contributed by atoms with van der Waals surface area (Å²) in [6, 6.07) is 28.2. The summed E-state index contributed by atoms with van der Waals surface area (Å²) in [7, 11) is 0. The van der Waals surface area contributed by atoms with Crippen LogP contribution in [0.4, 0.5) is 0 Å². The van der Waals surface area contributed by atoms with Crippen molar-refractivity contribution in [2.45, 2.75) is 47.7 Å². The fourth-order valence-electron chi connectivity index (χ4n) is 7.00. The Kier molecular flexibility index (Phi) is 17.5.